The number of amides is 2. The predicted octanol–water partition coefficient (Wildman–Crippen LogP) is 3.55. The lowest BCUT2D eigenvalue weighted by Gasteiger charge is -2.19. The molecule has 0 bridgehead atoms. The highest BCUT2D eigenvalue weighted by atomic mass is 16.2. The molecule has 0 saturated heterocycles. The summed E-state index contributed by atoms with van der Waals surface area (Å²) < 4.78 is 0. The molecule has 5 heteroatoms. The average Bonchev–Trinajstić information content (AvgIpc) is 2.82. The fourth-order valence-corrected chi connectivity index (χ4v) is 1.91. The molecule has 2 rings (SSSR count). The summed E-state index contributed by atoms with van der Waals surface area (Å²) in [7, 11) is 0. The minimum Gasteiger partial charge on any atom is -0.348 e. The summed E-state index contributed by atoms with van der Waals surface area (Å²) in [6.07, 6.45) is 1.67. The number of rotatable bonds is 3. The van der Waals surface area contributed by atoms with Gasteiger partial charge in [0.25, 0.3) is 0 Å². The van der Waals surface area contributed by atoms with Crippen LogP contribution in [-0.4, -0.2) is 22.5 Å². The Morgan fingerprint density at radius 2 is 2.10 bits per heavy atom. The van der Waals surface area contributed by atoms with Crippen molar-refractivity contribution in [2.45, 2.75) is 27.7 Å². The number of aryl methyl sites for hydroxylation is 1. The molecular formula is C16H22N4O. The number of imidazole rings is 1. The molecule has 3 N–H and O–H groups in total. The van der Waals surface area contributed by atoms with Gasteiger partial charge in [-0.25, -0.2) is 9.78 Å². The van der Waals surface area contributed by atoms with Crippen LogP contribution < -0.4 is 10.6 Å². The zero-order valence-corrected chi connectivity index (χ0v) is 12.9. The van der Waals surface area contributed by atoms with Crippen LogP contribution in [0.25, 0.3) is 11.3 Å². The van der Waals surface area contributed by atoms with Crippen LogP contribution in [0.4, 0.5) is 10.5 Å². The molecule has 1 heterocycles. The first-order valence-electron chi connectivity index (χ1n) is 7.00. The first kappa shape index (κ1) is 15.1. The molecule has 0 aliphatic rings. The van der Waals surface area contributed by atoms with Gasteiger partial charge in [0.15, 0.2) is 0 Å². The van der Waals surface area contributed by atoms with Gasteiger partial charge in [-0.2, -0.15) is 0 Å². The standard InChI is InChI=1S/C16H22N4O/c1-11-14(19-10-18-11)12-6-5-7-13(8-12)20-15(21)17-9-16(2,3)4/h5-8,10H,9H2,1-4H3,(H,18,19)(H2,17,20,21). The molecule has 21 heavy (non-hydrogen) atoms. The fraction of sp³-hybridized carbons (Fsp3) is 0.375. The molecule has 5 nitrogen and oxygen atoms in total. The molecule has 1 aromatic heterocycles. The summed E-state index contributed by atoms with van der Waals surface area (Å²) in [5.74, 6) is 0. The number of nitrogens with zero attached hydrogens (tertiary/aromatic N) is 1. The zero-order chi connectivity index (χ0) is 15.5. The lowest BCUT2D eigenvalue weighted by molar-refractivity contribution is 0.247. The van der Waals surface area contributed by atoms with E-state index in [1.54, 1.807) is 6.33 Å². The second kappa shape index (κ2) is 5.99. The Morgan fingerprint density at radius 3 is 2.71 bits per heavy atom. The molecule has 112 valence electrons. The molecule has 1 aromatic carbocycles. The van der Waals surface area contributed by atoms with Gasteiger partial charge in [0.05, 0.1) is 12.0 Å². The van der Waals surface area contributed by atoms with Crippen molar-refractivity contribution >= 4 is 11.7 Å². The number of aromatic amines is 1. The number of hydrogen-bond acceptors (Lipinski definition) is 2. The second-order valence-corrected chi connectivity index (χ2v) is 6.33. The quantitative estimate of drug-likeness (QED) is 0.807. The van der Waals surface area contributed by atoms with Gasteiger partial charge in [0.2, 0.25) is 0 Å². The van der Waals surface area contributed by atoms with Crippen molar-refractivity contribution < 1.29 is 4.79 Å². The number of H-pyrrole nitrogens is 1. The third-order valence-electron chi connectivity index (χ3n) is 3.00. The van der Waals surface area contributed by atoms with Crippen LogP contribution in [0.5, 0.6) is 0 Å². The molecule has 0 unspecified atom stereocenters. The van der Waals surface area contributed by atoms with E-state index in [0.717, 1.165) is 22.6 Å². The molecule has 0 aliphatic heterocycles. The normalized spacial score (nSPS) is 11.2. The average molecular weight is 286 g/mol. The van der Waals surface area contributed by atoms with Crippen molar-refractivity contribution in [3.8, 4) is 11.3 Å². The highest BCUT2D eigenvalue weighted by molar-refractivity contribution is 5.90. The first-order chi connectivity index (χ1) is 9.85. The van der Waals surface area contributed by atoms with E-state index in [9.17, 15) is 4.79 Å². The van der Waals surface area contributed by atoms with E-state index in [0.29, 0.717) is 6.54 Å². The van der Waals surface area contributed by atoms with Gasteiger partial charge < -0.3 is 15.6 Å². The summed E-state index contributed by atoms with van der Waals surface area (Å²) in [6.45, 7) is 8.83. The maximum Gasteiger partial charge on any atom is 0.319 e. The number of anilines is 1. The molecule has 0 spiro atoms. The predicted molar refractivity (Wildman–Crippen MR) is 85.2 cm³/mol. The van der Waals surface area contributed by atoms with Crippen LogP contribution in [0.15, 0.2) is 30.6 Å². The van der Waals surface area contributed by atoms with Gasteiger partial charge in [0.1, 0.15) is 0 Å². The van der Waals surface area contributed by atoms with E-state index in [1.165, 1.54) is 0 Å². The minimum atomic E-state index is -0.194. The molecule has 0 aliphatic carbocycles. The van der Waals surface area contributed by atoms with Crippen molar-refractivity contribution in [2.75, 3.05) is 11.9 Å². The number of aromatic nitrogens is 2. The van der Waals surface area contributed by atoms with Gasteiger partial charge in [0, 0.05) is 23.5 Å². The van der Waals surface area contributed by atoms with Crippen molar-refractivity contribution in [2.24, 2.45) is 5.41 Å². The van der Waals surface area contributed by atoms with Crippen molar-refractivity contribution in [1.29, 1.82) is 0 Å². The van der Waals surface area contributed by atoms with Crippen LogP contribution in [0.1, 0.15) is 26.5 Å². The molecule has 0 atom stereocenters. The Morgan fingerprint density at radius 1 is 1.33 bits per heavy atom. The van der Waals surface area contributed by atoms with E-state index < -0.39 is 0 Å². The Balaban J connectivity index is 2.05. The molecule has 2 aromatic rings. The highest BCUT2D eigenvalue weighted by Gasteiger charge is 2.12. The van der Waals surface area contributed by atoms with Gasteiger partial charge in [-0.1, -0.05) is 32.9 Å². The lowest BCUT2D eigenvalue weighted by atomic mass is 9.97. The number of hydrogen-bond donors (Lipinski definition) is 3. The molecule has 2 amide bonds. The summed E-state index contributed by atoms with van der Waals surface area (Å²) in [5, 5.41) is 5.71. The Kier molecular flexibility index (Phi) is 4.31. The number of urea groups is 1. The minimum absolute atomic E-state index is 0.0609. The Labute approximate surface area is 125 Å². The van der Waals surface area contributed by atoms with E-state index in [2.05, 4.69) is 41.4 Å². The molecule has 0 radical (unpaired) electrons. The molecule has 0 fully saturated rings. The Hall–Kier alpha value is -2.30. The van der Waals surface area contributed by atoms with Crippen LogP contribution in [0.2, 0.25) is 0 Å². The molecule has 0 saturated carbocycles. The number of carbonyl (C=O) groups excluding carboxylic acids is 1. The highest BCUT2D eigenvalue weighted by Crippen LogP contribution is 2.22. The third kappa shape index (κ3) is 4.34. The van der Waals surface area contributed by atoms with E-state index in [1.807, 2.05) is 31.2 Å². The van der Waals surface area contributed by atoms with Gasteiger partial charge in [-0.3, -0.25) is 0 Å². The van der Waals surface area contributed by atoms with Crippen molar-refractivity contribution in [3.05, 3.63) is 36.3 Å². The number of benzene rings is 1. The first-order valence-corrected chi connectivity index (χ1v) is 7.00. The summed E-state index contributed by atoms with van der Waals surface area (Å²) in [5.41, 5.74) is 3.69. The number of carbonyl (C=O) groups is 1. The second-order valence-electron chi connectivity index (χ2n) is 6.33. The van der Waals surface area contributed by atoms with Crippen LogP contribution >= 0.6 is 0 Å². The maximum absolute atomic E-state index is 11.9. The smallest absolute Gasteiger partial charge is 0.319 e. The zero-order valence-electron chi connectivity index (χ0n) is 12.9. The largest absolute Gasteiger partial charge is 0.348 e. The van der Waals surface area contributed by atoms with Gasteiger partial charge >= 0.3 is 6.03 Å². The third-order valence-corrected chi connectivity index (χ3v) is 3.00. The monoisotopic (exact) mass is 286 g/mol. The lowest BCUT2D eigenvalue weighted by Crippen LogP contribution is -2.35. The van der Waals surface area contributed by atoms with Gasteiger partial charge in [-0.15, -0.1) is 0 Å². The van der Waals surface area contributed by atoms with Crippen LogP contribution in [0.3, 0.4) is 0 Å². The van der Waals surface area contributed by atoms with E-state index >= 15 is 0 Å². The summed E-state index contributed by atoms with van der Waals surface area (Å²) >= 11 is 0. The van der Waals surface area contributed by atoms with Gasteiger partial charge in [-0.05, 0) is 24.5 Å². The number of nitrogens with one attached hydrogen (secondary N) is 3. The fourth-order valence-electron chi connectivity index (χ4n) is 1.91. The summed E-state index contributed by atoms with van der Waals surface area (Å²) in [6, 6.07) is 7.47. The molecular weight excluding hydrogens is 264 g/mol. The van der Waals surface area contributed by atoms with Crippen LogP contribution in [0, 0.1) is 12.3 Å². The topological polar surface area (TPSA) is 69.8 Å². The van der Waals surface area contributed by atoms with E-state index in [4.69, 9.17) is 0 Å². The summed E-state index contributed by atoms with van der Waals surface area (Å²) in [4.78, 5) is 19.2. The van der Waals surface area contributed by atoms with Crippen molar-refractivity contribution in [1.82, 2.24) is 15.3 Å². The SMILES string of the molecule is Cc1[nH]cnc1-c1cccc(NC(=O)NCC(C)(C)C)c1. The van der Waals surface area contributed by atoms with Crippen LogP contribution in [-0.2, 0) is 0 Å². The van der Waals surface area contributed by atoms with E-state index in [-0.39, 0.29) is 11.4 Å². The Bertz CT molecular complexity index is 625. The maximum atomic E-state index is 11.9. The van der Waals surface area contributed by atoms with Crippen molar-refractivity contribution in [3.63, 3.8) is 0 Å².